The van der Waals surface area contributed by atoms with E-state index >= 15 is 0 Å². The molecular formula is C15H16BrClIN3. The van der Waals surface area contributed by atoms with Crippen LogP contribution < -0.4 is 5.32 Å². The molecule has 112 valence electrons. The number of nitrogens with zero attached hydrogens (tertiary/aromatic N) is 2. The van der Waals surface area contributed by atoms with Gasteiger partial charge in [0.25, 0.3) is 0 Å². The Balaban J connectivity index is 2.59. The van der Waals surface area contributed by atoms with E-state index in [1.807, 2.05) is 18.2 Å². The lowest BCUT2D eigenvalue weighted by Crippen LogP contribution is -2.09. The van der Waals surface area contributed by atoms with Crippen molar-refractivity contribution in [1.82, 2.24) is 9.97 Å². The Morgan fingerprint density at radius 3 is 2.62 bits per heavy atom. The molecule has 0 atom stereocenters. The molecule has 0 amide bonds. The molecule has 0 saturated heterocycles. The molecular weight excluding hydrogens is 464 g/mol. The van der Waals surface area contributed by atoms with Crippen molar-refractivity contribution in [1.29, 1.82) is 0 Å². The van der Waals surface area contributed by atoms with E-state index in [4.69, 9.17) is 16.6 Å². The molecule has 0 saturated carbocycles. The molecule has 0 aliphatic heterocycles. The normalized spacial score (nSPS) is 11.0. The van der Waals surface area contributed by atoms with Gasteiger partial charge < -0.3 is 5.32 Å². The van der Waals surface area contributed by atoms with Gasteiger partial charge in [0, 0.05) is 16.6 Å². The third kappa shape index (κ3) is 3.87. The zero-order valence-corrected chi connectivity index (χ0v) is 16.5. The van der Waals surface area contributed by atoms with E-state index in [1.165, 1.54) is 0 Å². The monoisotopic (exact) mass is 479 g/mol. The number of nitrogens with one attached hydrogen (secondary N) is 1. The molecule has 1 aromatic heterocycles. The molecule has 2 rings (SSSR count). The number of benzene rings is 1. The van der Waals surface area contributed by atoms with E-state index in [2.05, 4.69) is 69.6 Å². The first-order chi connectivity index (χ1) is 9.93. The SMILES string of the molecule is CCNc1nc(-c2ccc(Br)c(Cl)c2)nc(C(C)C)c1I. The number of halogens is 3. The summed E-state index contributed by atoms with van der Waals surface area (Å²) in [6.07, 6.45) is 0. The number of rotatable bonds is 4. The number of hydrogen-bond acceptors (Lipinski definition) is 3. The summed E-state index contributed by atoms with van der Waals surface area (Å²) in [4.78, 5) is 9.37. The van der Waals surface area contributed by atoms with Gasteiger partial charge in [-0.05, 0) is 69.6 Å². The summed E-state index contributed by atoms with van der Waals surface area (Å²) in [5.74, 6) is 1.91. The van der Waals surface area contributed by atoms with E-state index in [9.17, 15) is 0 Å². The molecule has 1 heterocycles. The highest BCUT2D eigenvalue weighted by molar-refractivity contribution is 14.1. The van der Waals surface area contributed by atoms with Gasteiger partial charge in [-0.25, -0.2) is 9.97 Å². The minimum Gasteiger partial charge on any atom is -0.369 e. The summed E-state index contributed by atoms with van der Waals surface area (Å²) in [6.45, 7) is 7.16. The van der Waals surface area contributed by atoms with Crippen molar-refractivity contribution >= 4 is 55.9 Å². The van der Waals surface area contributed by atoms with Crippen molar-refractivity contribution in [2.45, 2.75) is 26.7 Å². The minimum atomic E-state index is 0.335. The molecule has 0 radical (unpaired) electrons. The number of aromatic nitrogens is 2. The number of anilines is 1. The van der Waals surface area contributed by atoms with Gasteiger partial charge in [-0.1, -0.05) is 25.4 Å². The first-order valence-corrected chi connectivity index (χ1v) is 8.95. The highest BCUT2D eigenvalue weighted by atomic mass is 127. The van der Waals surface area contributed by atoms with Gasteiger partial charge in [0.15, 0.2) is 5.82 Å². The van der Waals surface area contributed by atoms with Crippen molar-refractivity contribution in [2.24, 2.45) is 0 Å². The summed E-state index contributed by atoms with van der Waals surface area (Å²) in [7, 11) is 0. The maximum Gasteiger partial charge on any atom is 0.161 e. The van der Waals surface area contributed by atoms with Gasteiger partial charge in [0.05, 0.1) is 14.3 Å². The lowest BCUT2D eigenvalue weighted by atomic mass is 10.1. The van der Waals surface area contributed by atoms with E-state index < -0.39 is 0 Å². The molecule has 0 unspecified atom stereocenters. The molecule has 0 bridgehead atoms. The molecule has 0 aliphatic carbocycles. The predicted molar refractivity (Wildman–Crippen MR) is 101 cm³/mol. The standard InChI is InChI=1S/C15H16BrClIN3/c1-4-19-15-12(18)13(8(2)3)20-14(21-15)9-5-6-10(16)11(17)7-9/h5-8H,4H2,1-3H3,(H,19,20,21). The summed E-state index contributed by atoms with van der Waals surface area (Å²) >= 11 is 11.9. The van der Waals surface area contributed by atoms with Gasteiger partial charge in [0.1, 0.15) is 5.82 Å². The zero-order valence-electron chi connectivity index (χ0n) is 12.0. The second kappa shape index (κ2) is 7.24. The zero-order chi connectivity index (χ0) is 15.6. The van der Waals surface area contributed by atoms with Crippen LogP contribution in [0, 0.1) is 3.57 Å². The van der Waals surface area contributed by atoms with Crippen LogP contribution in [0.1, 0.15) is 32.4 Å². The first-order valence-electron chi connectivity index (χ1n) is 6.70. The Morgan fingerprint density at radius 1 is 1.33 bits per heavy atom. The van der Waals surface area contributed by atoms with Gasteiger partial charge in [-0.3, -0.25) is 0 Å². The average Bonchev–Trinajstić information content (AvgIpc) is 2.44. The highest BCUT2D eigenvalue weighted by Gasteiger charge is 2.16. The van der Waals surface area contributed by atoms with Crippen LogP contribution in [0.4, 0.5) is 5.82 Å². The second-order valence-corrected chi connectivity index (χ2v) is 7.25. The van der Waals surface area contributed by atoms with Gasteiger partial charge in [0.2, 0.25) is 0 Å². The van der Waals surface area contributed by atoms with Crippen LogP contribution in [0.15, 0.2) is 22.7 Å². The number of hydrogen-bond donors (Lipinski definition) is 1. The molecule has 6 heteroatoms. The van der Waals surface area contributed by atoms with Crippen LogP contribution in [0.5, 0.6) is 0 Å². The van der Waals surface area contributed by atoms with E-state index in [1.54, 1.807) is 0 Å². The highest BCUT2D eigenvalue weighted by Crippen LogP contribution is 2.31. The van der Waals surface area contributed by atoms with Crippen molar-refractivity contribution in [3.05, 3.63) is 37.0 Å². The van der Waals surface area contributed by atoms with E-state index in [-0.39, 0.29) is 0 Å². The largest absolute Gasteiger partial charge is 0.369 e. The molecule has 21 heavy (non-hydrogen) atoms. The Morgan fingerprint density at radius 2 is 2.05 bits per heavy atom. The minimum absolute atomic E-state index is 0.335. The average molecular weight is 481 g/mol. The fourth-order valence-electron chi connectivity index (χ4n) is 1.90. The lowest BCUT2D eigenvalue weighted by molar-refractivity contribution is 0.808. The van der Waals surface area contributed by atoms with E-state index in [0.717, 1.165) is 31.7 Å². The van der Waals surface area contributed by atoms with Crippen molar-refractivity contribution in [3.63, 3.8) is 0 Å². The summed E-state index contributed by atoms with van der Waals surface area (Å²) < 4.78 is 1.95. The van der Waals surface area contributed by atoms with Gasteiger partial charge >= 0.3 is 0 Å². The molecule has 0 spiro atoms. The van der Waals surface area contributed by atoms with Gasteiger partial charge in [-0.15, -0.1) is 0 Å². The molecule has 1 N–H and O–H groups in total. The third-order valence-electron chi connectivity index (χ3n) is 2.95. The van der Waals surface area contributed by atoms with Crippen LogP contribution >= 0.6 is 50.1 Å². The Hall–Kier alpha value is -0.400. The Labute approximate surface area is 152 Å². The molecule has 3 nitrogen and oxygen atoms in total. The Kier molecular flexibility index (Phi) is 5.85. The van der Waals surface area contributed by atoms with Crippen LogP contribution in [0.3, 0.4) is 0 Å². The summed E-state index contributed by atoms with van der Waals surface area (Å²) in [5.41, 5.74) is 1.97. The van der Waals surface area contributed by atoms with Crippen LogP contribution in [0.2, 0.25) is 5.02 Å². The topological polar surface area (TPSA) is 37.8 Å². The maximum atomic E-state index is 6.18. The molecule has 1 aromatic carbocycles. The fraction of sp³-hybridized carbons (Fsp3) is 0.333. The quantitative estimate of drug-likeness (QED) is 0.569. The third-order valence-corrected chi connectivity index (χ3v) is 5.24. The lowest BCUT2D eigenvalue weighted by Gasteiger charge is -2.14. The van der Waals surface area contributed by atoms with Gasteiger partial charge in [-0.2, -0.15) is 0 Å². The van der Waals surface area contributed by atoms with Crippen LogP contribution in [0.25, 0.3) is 11.4 Å². The fourth-order valence-corrected chi connectivity index (χ4v) is 3.38. The molecule has 0 aliphatic rings. The summed E-state index contributed by atoms with van der Waals surface area (Å²) in [6, 6.07) is 5.77. The van der Waals surface area contributed by atoms with Crippen molar-refractivity contribution in [3.8, 4) is 11.4 Å². The predicted octanol–water partition coefficient (Wildman–Crippen LogP) is 5.72. The molecule has 0 fully saturated rings. The summed E-state index contributed by atoms with van der Waals surface area (Å²) in [5, 5.41) is 3.96. The van der Waals surface area contributed by atoms with Crippen LogP contribution in [-0.4, -0.2) is 16.5 Å². The Bertz CT molecular complexity index is 662. The maximum absolute atomic E-state index is 6.18. The first kappa shape index (κ1) is 17.0. The van der Waals surface area contributed by atoms with Crippen LogP contribution in [-0.2, 0) is 0 Å². The van der Waals surface area contributed by atoms with Crippen molar-refractivity contribution in [2.75, 3.05) is 11.9 Å². The molecule has 2 aromatic rings. The van der Waals surface area contributed by atoms with Crippen molar-refractivity contribution < 1.29 is 0 Å². The smallest absolute Gasteiger partial charge is 0.161 e. The second-order valence-electron chi connectivity index (χ2n) is 4.91. The van der Waals surface area contributed by atoms with E-state index in [0.29, 0.717) is 16.8 Å².